The first-order chi connectivity index (χ1) is 4.22. The van der Waals surface area contributed by atoms with Crippen LogP contribution in [-0.2, 0) is 4.79 Å². The second-order valence-electron chi connectivity index (χ2n) is 1.90. The van der Waals surface area contributed by atoms with Gasteiger partial charge in [-0.15, -0.1) is 0 Å². The lowest BCUT2D eigenvalue weighted by molar-refractivity contribution is -0.122. The first-order valence-electron chi connectivity index (χ1n) is 3.17. The van der Waals surface area contributed by atoms with Crippen molar-refractivity contribution < 1.29 is 4.79 Å². The zero-order chi connectivity index (χ0) is 7.28. The van der Waals surface area contributed by atoms with E-state index < -0.39 is 0 Å². The van der Waals surface area contributed by atoms with Gasteiger partial charge in [0.25, 0.3) is 0 Å². The molecule has 0 aliphatic rings. The predicted molar refractivity (Wildman–Crippen MR) is 37.2 cm³/mol. The molecule has 0 saturated heterocycles. The third-order valence-corrected chi connectivity index (χ3v) is 1.18. The zero-order valence-electron chi connectivity index (χ0n) is 6.19. The van der Waals surface area contributed by atoms with Gasteiger partial charge in [0, 0.05) is 6.54 Å². The molecule has 3 nitrogen and oxygen atoms in total. The van der Waals surface area contributed by atoms with Crippen molar-refractivity contribution >= 4 is 5.91 Å². The molecule has 0 aliphatic heterocycles. The minimum absolute atomic E-state index is 0.0556. The van der Waals surface area contributed by atoms with E-state index in [2.05, 4.69) is 10.6 Å². The van der Waals surface area contributed by atoms with Crippen molar-refractivity contribution in [3.05, 3.63) is 0 Å². The van der Waals surface area contributed by atoms with Crippen LogP contribution in [0.15, 0.2) is 0 Å². The summed E-state index contributed by atoms with van der Waals surface area (Å²) in [5.74, 6) is 0.0556. The number of hydrogen-bond donors (Lipinski definition) is 2. The van der Waals surface area contributed by atoms with Crippen LogP contribution in [0, 0.1) is 0 Å². The Hall–Kier alpha value is -0.570. The van der Waals surface area contributed by atoms with E-state index in [1.165, 1.54) is 0 Å². The minimum Gasteiger partial charge on any atom is -0.355 e. The van der Waals surface area contributed by atoms with Crippen LogP contribution in [0.1, 0.15) is 13.8 Å². The van der Waals surface area contributed by atoms with E-state index in [4.69, 9.17) is 0 Å². The number of amides is 1. The Bertz CT molecular complexity index is 93.1. The number of carbonyl (C=O) groups excluding carboxylic acids is 1. The summed E-state index contributed by atoms with van der Waals surface area (Å²) in [7, 11) is 1.76. The number of carbonyl (C=O) groups is 1. The molecule has 0 saturated carbocycles. The molecule has 0 unspecified atom stereocenters. The van der Waals surface area contributed by atoms with E-state index >= 15 is 0 Å². The van der Waals surface area contributed by atoms with Crippen molar-refractivity contribution in [1.82, 2.24) is 10.6 Å². The van der Waals surface area contributed by atoms with E-state index in [1.807, 2.05) is 13.8 Å². The number of likely N-dealkylation sites (N-methyl/N-ethyl adjacent to an activating group) is 2. The highest BCUT2D eigenvalue weighted by Gasteiger charge is 2.06. The molecule has 1 amide bonds. The third-order valence-electron chi connectivity index (χ3n) is 1.18. The molecule has 0 spiro atoms. The lowest BCUT2D eigenvalue weighted by Gasteiger charge is -2.08. The summed E-state index contributed by atoms with van der Waals surface area (Å²) >= 11 is 0. The quantitative estimate of drug-likeness (QED) is 0.552. The number of hydrogen-bond acceptors (Lipinski definition) is 2. The summed E-state index contributed by atoms with van der Waals surface area (Å²) in [5.41, 5.74) is 0. The lowest BCUT2D eigenvalue weighted by atomic mass is 10.3. The molecule has 0 bridgehead atoms. The molecule has 3 heteroatoms. The van der Waals surface area contributed by atoms with Gasteiger partial charge in [-0.25, -0.2) is 0 Å². The average molecular weight is 130 g/mol. The standard InChI is InChI=1S/C6H14N2O/c1-4-8-6(9)5(2)7-3/h5,7H,4H2,1-3H3,(H,8,9)/t5-/m1/s1. The highest BCUT2D eigenvalue weighted by molar-refractivity contribution is 5.81. The molecule has 9 heavy (non-hydrogen) atoms. The first-order valence-corrected chi connectivity index (χ1v) is 3.17. The van der Waals surface area contributed by atoms with Gasteiger partial charge in [-0.3, -0.25) is 4.79 Å². The van der Waals surface area contributed by atoms with Crippen molar-refractivity contribution in [2.45, 2.75) is 19.9 Å². The van der Waals surface area contributed by atoms with Crippen LogP contribution in [0.4, 0.5) is 0 Å². The normalized spacial score (nSPS) is 12.8. The van der Waals surface area contributed by atoms with Gasteiger partial charge in [-0.05, 0) is 20.9 Å². The minimum atomic E-state index is -0.0788. The molecule has 0 heterocycles. The van der Waals surface area contributed by atoms with Gasteiger partial charge < -0.3 is 10.6 Å². The Morgan fingerprint density at radius 3 is 2.56 bits per heavy atom. The Balaban J connectivity index is 3.46. The van der Waals surface area contributed by atoms with Crippen molar-refractivity contribution in [2.75, 3.05) is 13.6 Å². The van der Waals surface area contributed by atoms with E-state index in [1.54, 1.807) is 7.05 Å². The number of rotatable bonds is 3. The largest absolute Gasteiger partial charge is 0.355 e. The topological polar surface area (TPSA) is 41.1 Å². The second kappa shape index (κ2) is 4.32. The molecule has 2 N–H and O–H groups in total. The lowest BCUT2D eigenvalue weighted by Crippen LogP contribution is -2.40. The van der Waals surface area contributed by atoms with Crippen LogP contribution in [-0.4, -0.2) is 25.5 Å². The van der Waals surface area contributed by atoms with Crippen molar-refractivity contribution in [2.24, 2.45) is 0 Å². The maximum absolute atomic E-state index is 10.8. The molecule has 1 atom stereocenters. The maximum atomic E-state index is 10.8. The van der Waals surface area contributed by atoms with Gasteiger partial charge in [0.05, 0.1) is 6.04 Å². The Morgan fingerprint density at radius 1 is 1.67 bits per heavy atom. The Kier molecular flexibility index (Phi) is 4.05. The maximum Gasteiger partial charge on any atom is 0.236 e. The fourth-order valence-electron chi connectivity index (χ4n) is 0.458. The molecule has 0 aromatic carbocycles. The predicted octanol–water partition coefficient (Wildman–Crippen LogP) is -0.270. The third kappa shape index (κ3) is 3.08. The summed E-state index contributed by atoms with van der Waals surface area (Å²) in [6.07, 6.45) is 0. The molecule has 0 rings (SSSR count). The molecule has 54 valence electrons. The van der Waals surface area contributed by atoms with Crippen LogP contribution in [0.3, 0.4) is 0 Å². The Labute approximate surface area is 55.8 Å². The van der Waals surface area contributed by atoms with E-state index in [0.717, 1.165) is 0 Å². The number of nitrogens with one attached hydrogen (secondary N) is 2. The monoisotopic (exact) mass is 130 g/mol. The van der Waals surface area contributed by atoms with Gasteiger partial charge in [0.2, 0.25) is 5.91 Å². The summed E-state index contributed by atoms with van der Waals surface area (Å²) in [4.78, 5) is 10.8. The summed E-state index contributed by atoms with van der Waals surface area (Å²) in [5, 5.41) is 5.53. The highest BCUT2D eigenvalue weighted by atomic mass is 16.2. The van der Waals surface area contributed by atoms with Gasteiger partial charge in [0.15, 0.2) is 0 Å². The molecule has 0 aromatic rings. The van der Waals surface area contributed by atoms with E-state index in [0.29, 0.717) is 6.54 Å². The van der Waals surface area contributed by atoms with Gasteiger partial charge in [0.1, 0.15) is 0 Å². The van der Waals surface area contributed by atoms with Gasteiger partial charge >= 0.3 is 0 Å². The molecule has 0 fully saturated rings. The van der Waals surface area contributed by atoms with Crippen LogP contribution < -0.4 is 10.6 Å². The second-order valence-corrected chi connectivity index (χ2v) is 1.90. The summed E-state index contributed by atoms with van der Waals surface area (Å²) in [6.45, 7) is 4.43. The smallest absolute Gasteiger partial charge is 0.236 e. The van der Waals surface area contributed by atoms with Crippen LogP contribution >= 0.6 is 0 Å². The molecule has 0 radical (unpaired) electrons. The van der Waals surface area contributed by atoms with Crippen molar-refractivity contribution in [1.29, 1.82) is 0 Å². The summed E-state index contributed by atoms with van der Waals surface area (Å²) < 4.78 is 0. The van der Waals surface area contributed by atoms with Gasteiger partial charge in [-0.1, -0.05) is 0 Å². The Morgan fingerprint density at radius 2 is 2.22 bits per heavy atom. The molecule has 0 aliphatic carbocycles. The first kappa shape index (κ1) is 8.43. The van der Waals surface area contributed by atoms with Gasteiger partial charge in [-0.2, -0.15) is 0 Å². The zero-order valence-corrected chi connectivity index (χ0v) is 6.19. The van der Waals surface area contributed by atoms with E-state index in [9.17, 15) is 4.79 Å². The van der Waals surface area contributed by atoms with Crippen molar-refractivity contribution in [3.8, 4) is 0 Å². The van der Waals surface area contributed by atoms with Crippen molar-refractivity contribution in [3.63, 3.8) is 0 Å². The highest BCUT2D eigenvalue weighted by Crippen LogP contribution is 1.76. The van der Waals surface area contributed by atoms with Crippen LogP contribution in [0.25, 0.3) is 0 Å². The van der Waals surface area contributed by atoms with Crippen LogP contribution in [0.2, 0.25) is 0 Å². The summed E-state index contributed by atoms with van der Waals surface area (Å²) in [6, 6.07) is -0.0788. The molecule has 0 aromatic heterocycles. The SMILES string of the molecule is CCNC(=O)[C@@H](C)NC. The molecular formula is C6H14N2O. The average Bonchev–Trinajstić information content (AvgIpc) is 1.87. The molecular weight excluding hydrogens is 116 g/mol. The van der Waals surface area contributed by atoms with E-state index in [-0.39, 0.29) is 11.9 Å². The fourth-order valence-corrected chi connectivity index (χ4v) is 0.458. The fraction of sp³-hybridized carbons (Fsp3) is 0.833. The van der Waals surface area contributed by atoms with Crippen LogP contribution in [0.5, 0.6) is 0 Å².